The topological polar surface area (TPSA) is 101 Å². The number of hydrogen-bond acceptors (Lipinski definition) is 5. The first kappa shape index (κ1) is 21.0. The molecule has 0 unspecified atom stereocenters. The van der Waals surface area contributed by atoms with Crippen molar-refractivity contribution in [3.63, 3.8) is 0 Å². The van der Waals surface area contributed by atoms with E-state index in [1.165, 1.54) is 50.3 Å². The van der Waals surface area contributed by atoms with Crippen LogP contribution in [0.5, 0.6) is 0 Å². The summed E-state index contributed by atoms with van der Waals surface area (Å²) < 4.78 is 26.2. The number of nitrogens with zero attached hydrogens (tertiary/aromatic N) is 3. The van der Waals surface area contributed by atoms with Gasteiger partial charge in [-0.1, -0.05) is 18.2 Å². The van der Waals surface area contributed by atoms with Gasteiger partial charge in [-0.25, -0.2) is 12.7 Å². The molecule has 0 spiro atoms. The van der Waals surface area contributed by atoms with Crippen LogP contribution in [0.1, 0.15) is 15.9 Å². The summed E-state index contributed by atoms with van der Waals surface area (Å²) in [4.78, 5) is 24.6. The van der Waals surface area contributed by atoms with Gasteiger partial charge in [-0.05, 0) is 34.1 Å². The van der Waals surface area contributed by atoms with Crippen molar-refractivity contribution in [3.8, 4) is 0 Å². The van der Waals surface area contributed by atoms with Crippen LogP contribution in [0, 0.1) is 10.1 Å². The molecular formula is C17H18BrN3O5S. The molecule has 0 aliphatic heterocycles. The van der Waals surface area contributed by atoms with Gasteiger partial charge in [0.2, 0.25) is 10.0 Å². The SMILES string of the molecule is CN(Cc1ccccc1[N+](=O)[O-])C(=O)c1ccc(Br)c(S(=O)(=O)N(C)C)c1. The van der Waals surface area contributed by atoms with Gasteiger partial charge in [0.1, 0.15) is 0 Å². The molecule has 2 aromatic rings. The van der Waals surface area contributed by atoms with Crippen LogP contribution in [-0.4, -0.2) is 49.6 Å². The smallest absolute Gasteiger partial charge is 0.274 e. The molecule has 0 aliphatic rings. The summed E-state index contributed by atoms with van der Waals surface area (Å²) in [6, 6.07) is 10.4. The molecular weight excluding hydrogens is 438 g/mol. The van der Waals surface area contributed by atoms with E-state index in [0.29, 0.717) is 10.0 Å². The lowest BCUT2D eigenvalue weighted by Crippen LogP contribution is -2.27. The Morgan fingerprint density at radius 3 is 2.37 bits per heavy atom. The molecule has 0 aromatic heterocycles. The molecule has 0 saturated carbocycles. The Morgan fingerprint density at radius 2 is 1.78 bits per heavy atom. The van der Waals surface area contributed by atoms with Crippen LogP contribution >= 0.6 is 15.9 Å². The van der Waals surface area contributed by atoms with Gasteiger partial charge in [0.05, 0.1) is 16.4 Å². The lowest BCUT2D eigenvalue weighted by Gasteiger charge is -2.19. The molecule has 8 nitrogen and oxygen atoms in total. The molecule has 0 heterocycles. The van der Waals surface area contributed by atoms with Gasteiger partial charge in [0, 0.05) is 42.8 Å². The van der Waals surface area contributed by atoms with E-state index in [4.69, 9.17) is 0 Å². The number of para-hydroxylation sites is 1. The van der Waals surface area contributed by atoms with Crippen molar-refractivity contribution in [2.45, 2.75) is 11.4 Å². The van der Waals surface area contributed by atoms with Crippen molar-refractivity contribution in [2.75, 3.05) is 21.1 Å². The Labute approximate surface area is 165 Å². The Morgan fingerprint density at radius 1 is 1.15 bits per heavy atom. The minimum Gasteiger partial charge on any atom is -0.337 e. The first-order valence-corrected chi connectivity index (χ1v) is 9.99. The minimum absolute atomic E-state index is 0.0157. The molecule has 2 rings (SSSR count). The largest absolute Gasteiger partial charge is 0.337 e. The maximum absolute atomic E-state index is 12.7. The van der Waals surface area contributed by atoms with Crippen molar-refractivity contribution in [1.29, 1.82) is 0 Å². The van der Waals surface area contributed by atoms with E-state index in [2.05, 4.69) is 15.9 Å². The monoisotopic (exact) mass is 455 g/mol. The van der Waals surface area contributed by atoms with E-state index in [1.54, 1.807) is 18.2 Å². The van der Waals surface area contributed by atoms with E-state index < -0.39 is 20.9 Å². The zero-order valence-electron chi connectivity index (χ0n) is 14.9. The van der Waals surface area contributed by atoms with Gasteiger partial charge in [-0.2, -0.15) is 0 Å². The molecule has 27 heavy (non-hydrogen) atoms. The normalized spacial score (nSPS) is 11.4. The molecule has 0 atom stereocenters. The summed E-state index contributed by atoms with van der Waals surface area (Å²) in [5, 5.41) is 11.1. The molecule has 0 fully saturated rings. The van der Waals surface area contributed by atoms with Crippen LogP contribution in [0.15, 0.2) is 51.8 Å². The van der Waals surface area contributed by atoms with Gasteiger partial charge < -0.3 is 4.90 Å². The maximum atomic E-state index is 12.7. The first-order chi connectivity index (χ1) is 12.6. The van der Waals surface area contributed by atoms with Crippen LogP contribution in [-0.2, 0) is 16.6 Å². The first-order valence-electron chi connectivity index (χ1n) is 7.75. The summed E-state index contributed by atoms with van der Waals surface area (Å²) in [5.41, 5.74) is 0.472. The third-order valence-corrected chi connectivity index (χ3v) is 6.69. The number of nitro benzene ring substituents is 1. The third-order valence-electron chi connectivity index (χ3n) is 3.88. The molecule has 144 valence electrons. The standard InChI is InChI=1S/C17H18BrN3O5S/c1-19(2)27(25,26)16-10-12(8-9-14(16)18)17(22)20(3)11-13-6-4-5-7-15(13)21(23)24/h4-10H,11H2,1-3H3. The van der Waals surface area contributed by atoms with E-state index in [-0.39, 0.29) is 22.7 Å². The predicted octanol–water partition coefficient (Wildman–Crippen LogP) is 2.88. The fraction of sp³-hybridized carbons (Fsp3) is 0.235. The third kappa shape index (κ3) is 4.52. The summed E-state index contributed by atoms with van der Waals surface area (Å²) >= 11 is 3.19. The number of halogens is 1. The Bertz CT molecular complexity index is 992. The van der Waals surface area contributed by atoms with Gasteiger partial charge >= 0.3 is 0 Å². The Balaban J connectivity index is 2.35. The number of amides is 1. The van der Waals surface area contributed by atoms with Gasteiger partial charge in [0.15, 0.2) is 0 Å². The molecule has 0 bridgehead atoms. The average molecular weight is 456 g/mol. The summed E-state index contributed by atoms with van der Waals surface area (Å²) in [5.74, 6) is -0.448. The van der Waals surface area contributed by atoms with E-state index >= 15 is 0 Å². The number of carbonyl (C=O) groups excluding carboxylic acids is 1. The number of carbonyl (C=O) groups is 1. The second-order valence-electron chi connectivity index (χ2n) is 5.98. The van der Waals surface area contributed by atoms with Gasteiger partial charge in [0.25, 0.3) is 11.6 Å². The van der Waals surface area contributed by atoms with E-state index in [1.807, 2.05) is 0 Å². The molecule has 0 saturated heterocycles. The predicted molar refractivity (Wildman–Crippen MR) is 104 cm³/mol. The fourth-order valence-corrected chi connectivity index (χ4v) is 4.25. The van der Waals surface area contributed by atoms with Crippen molar-refractivity contribution in [2.24, 2.45) is 0 Å². The van der Waals surface area contributed by atoms with Crippen LogP contribution in [0.4, 0.5) is 5.69 Å². The quantitative estimate of drug-likeness (QED) is 0.492. The van der Waals surface area contributed by atoms with E-state index in [0.717, 1.165) is 4.31 Å². The molecule has 0 radical (unpaired) electrons. The second-order valence-corrected chi connectivity index (χ2v) is 8.95. The highest BCUT2D eigenvalue weighted by Gasteiger charge is 2.24. The lowest BCUT2D eigenvalue weighted by atomic mass is 10.1. The molecule has 2 aromatic carbocycles. The van der Waals surface area contributed by atoms with Crippen LogP contribution in [0.25, 0.3) is 0 Å². The molecule has 10 heteroatoms. The summed E-state index contributed by atoms with van der Waals surface area (Å²) in [6.45, 7) is 0.0157. The molecule has 0 N–H and O–H groups in total. The summed E-state index contributed by atoms with van der Waals surface area (Å²) in [7, 11) is 0.561. The highest BCUT2D eigenvalue weighted by molar-refractivity contribution is 9.10. The highest BCUT2D eigenvalue weighted by Crippen LogP contribution is 2.26. The number of sulfonamides is 1. The van der Waals surface area contributed by atoms with E-state index in [9.17, 15) is 23.3 Å². The summed E-state index contributed by atoms with van der Waals surface area (Å²) in [6.07, 6.45) is 0. The van der Waals surface area contributed by atoms with Crippen LogP contribution in [0.3, 0.4) is 0 Å². The van der Waals surface area contributed by atoms with Crippen LogP contribution in [0.2, 0.25) is 0 Å². The average Bonchev–Trinajstić information content (AvgIpc) is 2.61. The Kier molecular flexibility index (Phi) is 6.34. The van der Waals surface area contributed by atoms with Crippen molar-refractivity contribution in [3.05, 3.63) is 68.2 Å². The number of rotatable bonds is 6. The minimum atomic E-state index is -3.74. The van der Waals surface area contributed by atoms with Crippen molar-refractivity contribution in [1.82, 2.24) is 9.21 Å². The van der Waals surface area contributed by atoms with Crippen molar-refractivity contribution >= 4 is 37.5 Å². The zero-order valence-corrected chi connectivity index (χ0v) is 17.3. The Hall–Kier alpha value is -2.30. The molecule has 0 aliphatic carbocycles. The lowest BCUT2D eigenvalue weighted by molar-refractivity contribution is -0.385. The second kappa shape index (κ2) is 8.15. The van der Waals surface area contributed by atoms with Gasteiger partial charge in [-0.15, -0.1) is 0 Å². The highest BCUT2D eigenvalue weighted by atomic mass is 79.9. The zero-order chi connectivity index (χ0) is 20.4. The maximum Gasteiger partial charge on any atom is 0.274 e. The number of benzene rings is 2. The van der Waals surface area contributed by atoms with Crippen molar-refractivity contribution < 1.29 is 18.1 Å². The van der Waals surface area contributed by atoms with Crippen LogP contribution < -0.4 is 0 Å². The number of hydrogen-bond donors (Lipinski definition) is 0. The number of nitro groups is 1. The molecule has 1 amide bonds. The fourth-order valence-electron chi connectivity index (χ4n) is 2.40. The van der Waals surface area contributed by atoms with Gasteiger partial charge in [-0.3, -0.25) is 14.9 Å².